The number of carbonyl (C=O) groups is 3. The second-order valence-corrected chi connectivity index (χ2v) is 21.3. The van der Waals surface area contributed by atoms with Crippen LogP contribution in [0.2, 0.25) is 0 Å². The van der Waals surface area contributed by atoms with Crippen LogP contribution < -0.4 is 9.30 Å². The van der Waals surface area contributed by atoms with Gasteiger partial charge in [-0.15, -0.1) is 0 Å². The van der Waals surface area contributed by atoms with Crippen molar-refractivity contribution in [3.63, 3.8) is 0 Å². The van der Waals surface area contributed by atoms with E-state index in [1.54, 1.807) is 13.3 Å². The highest BCUT2D eigenvalue weighted by Gasteiger charge is 2.63. The zero-order valence-electron chi connectivity index (χ0n) is 40.4. The summed E-state index contributed by atoms with van der Waals surface area (Å²) in [6.07, 6.45) is 14.1. The summed E-state index contributed by atoms with van der Waals surface area (Å²) in [7, 11) is 5.52. The van der Waals surface area contributed by atoms with Crippen LogP contribution >= 0.6 is 0 Å². The monoisotopic (exact) mass is 850 g/mol. The van der Waals surface area contributed by atoms with Crippen molar-refractivity contribution >= 4 is 29.6 Å². The number of Topliss-reactive ketones (excluding diaryl/α,β-unsaturated/α-hetero) is 1. The van der Waals surface area contributed by atoms with Gasteiger partial charge >= 0.3 is 5.97 Å². The second kappa shape index (κ2) is 18.2. The zero-order valence-corrected chi connectivity index (χ0v) is 40.4. The molecule has 2 aromatic heterocycles. The summed E-state index contributed by atoms with van der Waals surface area (Å²) in [5.74, 6) is 3.81. The molecule has 3 saturated carbocycles. The number of fused-ring (bicyclic) bond motifs is 5. The third-order valence-corrected chi connectivity index (χ3v) is 16.7. The highest BCUT2D eigenvalue weighted by molar-refractivity contribution is 6.02. The number of pyridine rings is 2. The van der Waals surface area contributed by atoms with Gasteiger partial charge in [-0.05, 0) is 123 Å². The number of aldehydes is 1. The molecule has 0 radical (unpaired) electrons. The zero-order chi connectivity index (χ0) is 45.5. The number of ketones is 1. The number of aliphatic imine (C=N–C) groups is 1. The Hall–Kier alpha value is -4.14. The molecule has 9 unspecified atom stereocenters. The van der Waals surface area contributed by atoms with E-state index in [0.29, 0.717) is 48.2 Å². The SMILES string of the molecule is C=C(c1ccc(OC)nc1)N(C)C(CC12CCC3C(CCC4C(C)(CCC(C)OC(=O)CC(C)(C=O)[n+]5cc(C)ccc5C(C)C)C(C)CCC34C)C1=C(C(C)C)C(=O)C2)=NC. The minimum atomic E-state index is -1.04. The molecule has 0 aromatic carbocycles. The number of allylic oxidation sites excluding steroid dienone is 2. The Morgan fingerprint density at radius 3 is 2.42 bits per heavy atom. The van der Waals surface area contributed by atoms with Gasteiger partial charge in [0.2, 0.25) is 11.4 Å². The lowest BCUT2D eigenvalue weighted by Crippen LogP contribution is -2.59. The van der Waals surface area contributed by atoms with Crippen LogP contribution in [0.4, 0.5) is 0 Å². The third-order valence-electron chi connectivity index (χ3n) is 16.7. The van der Waals surface area contributed by atoms with E-state index in [2.05, 4.69) is 77.1 Å². The van der Waals surface area contributed by atoms with Crippen LogP contribution in [0.3, 0.4) is 0 Å². The predicted molar refractivity (Wildman–Crippen MR) is 248 cm³/mol. The van der Waals surface area contributed by atoms with Crippen molar-refractivity contribution < 1.29 is 28.4 Å². The Kier molecular flexibility index (Phi) is 13.9. The molecule has 62 heavy (non-hydrogen) atoms. The van der Waals surface area contributed by atoms with E-state index in [1.807, 2.05) is 57.8 Å². The van der Waals surface area contributed by atoms with E-state index in [9.17, 15) is 14.4 Å². The van der Waals surface area contributed by atoms with Crippen LogP contribution in [0.15, 0.2) is 59.4 Å². The van der Waals surface area contributed by atoms with Crippen molar-refractivity contribution in [3.8, 4) is 5.88 Å². The number of nitrogens with zero attached hydrogens (tertiary/aromatic N) is 4. The van der Waals surface area contributed by atoms with E-state index in [0.717, 1.165) is 78.7 Å². The molecule has 0 bridgehead atoms. The number of amidine groups is 1. The van der Waals surface area contributed by atoms with E-state index in [4.69, 9.17) is 14.5 Å². The molecule has 6 rings (SSSR count). The van der Waals surface area contributed by atoms with Gasteiger partial charge in [0.15, 0.2) is 24.0 Å². The first kappa shape index (κ1) is 47.3. The van der Waals surface area contributed by atoms with Crippen molar-refractivity contribution in [2.75, 3.05) is 21.2 Å². The van der Waals surface area contributed by atoms with Gasteiger partial charge in [0.25, 0.3) is 0 Å². The summed E-state index contributed by atoms with van der Waals surface area (Å²) >= 11 is 0. The maximum absolute atomic E-state index is 14.3. The maximum Gasteiger partial charge on any atom is 0.313 e. The Balaban J connectivity index is 1.20. The number of methoxy groups -OCH3 is 1. The summed E-state index contributed by atoms with van der Waals surface area (Å²) in [6.45, 7) is 26.5. The fourth-order valence-corrected chi connectivity index (χ4v) is 13.1. The van der Waals surface area contributed by atoms with Crippen LogP contribution in [0.5, 0.6) is 5.88 Å². The number of hydrogen-bond acceptors (Lipinski definition) is 7. The lowest BCUT2D eigenvalue weighted by Gasteiger charge is -2.65. The molecular weight excluding hydrogens is 773 g/mol. The van der Waals surface area contributed by atoms with Gasteiger partial charge in [-0.25, -0.2) is 4.98 Å². The van der Waals surface area contributed by atoms with E-state index in [-0.39, 0.29) is 46.6 Å². The van der Waals surface area contributed by atoms with Crippen molar-refractivity contribution in [1.29, 1.82) is 0 Å². The molecule has 0 N–H and O–H groups in total. The lowest BCUT2D eigenvalue weighted by molar-refractivity contribution is -0.750. The summed E-state index contributed by atoms with van der Waals surface area (Å²) in [5, 5.41) is 0. The molecule has 9 atom stereocenters. The lowest BCUT2D eigenvalue weighted by atomic mass is 9.40. The molecular formula is C53H77N4O5+. The van der Waals surface area contributed by atoms with Crippen molar-refractivity contribution in [3.05, 3.63) is 71.2 Å². The van der Waals surface area contributed by atoms with Crippen molar-refractivity contribution in [2.24, 2.45) is 50.8 Å². The van der Waals surface area contributed by atoms with Crippen LogP contribution in [0.1, 0.15) is 156 Å². The minimum Gasteiger partial charge on any atom is -0.481 e. The quantitative estimate of drug-likeness (QED) is 0.0578. The fourth-order valence-electron chi connectivity index (χ4n) is 13.1. The standard InChI is InChI=1S/C53H77N4O5/c1-33(2)42-18-15-35(5)31-57(42)50(9,32-58)29-47(60)62-37(7)22-25-51(10)36(6)21-24-52(11)41-23-26-53(27-43(59)48(34(3)4)49(53)40(41)17-19-44(51)52)28-45(54-12)56(13)38(8)39-16-20-46(61-14)55-30-39/h15-16,18,20,30-34,36-37,40-41,44H,8,17,19,21-29H2,1-7,9-14H3/q+1. The number of aromatic nitrogens is 2. The van der Waals surface area contributed by atoms with Crippen molar-refractivity contribution in [1.82, 2.24) is 9.88 Å². The Bertz CT molecular complexity index is 2090. The number of ether oxygens (including phenoxy) is 2. The third kappa shape index (κ3) is 8.59. The first-order valence-electron chi connectivity index (χ1n) is 23.5. The molecule has 4 aliphatic carbocycles. The van der Waals surface area contributed by atoms with Gasteiger partial charge < -0.3 is 14.4 Å². The van der Waals surface area contributed by atoms with Gasteiger partial charge in [-0.1, -0.05) is 60.6 Å². The van der Waals surface area contributed by atoms with Crippen LogP contribution in [0.25, 0.3) is 5.70 Å². The number of esters is 1. The Morgan fingerprint density at radius 2 is 1.81 bits per heavy atom. The van der Waals surface area contributed by atoms with Gasteiger partial charge in [-0.3, -0.25) is 19.4 Å². The molecule has 9 heteroatoms. The Morgan fingerprint density at radius 1 is 1.08 bits per heavy atom. The number of carbonyl (C=O) groups excluding carboxylic acids is 3. The largest absolute Gasteiger partial charge is 0.481 e. The molecule has 4 aliphatic rings. The van der Waals surface area contributed by atoms with E-state index in [1.165, 1.54) is 18.4 Å². The number of aryl methyl sites for hydroxylation is 1. The average Bonchev–Trinajstić information content (AvgIpc) is 3.55. The summed E-state index contributed by atoms with van der Waals surface area (Å²) in [4.78, 5) is 51.9. The highest BCUT2D eigenvalue weighted by Crippen LogP contribution is 2.70. The summed E-state index contributed by atoms with van der Waals surface area (Å²) in [6, 6.07) is 7.94. The van der Waals surface area contributed by atoms with Crippen LogP contribution in [0, 0.1) is 52.8 Å². The molecule has 2 heterocycles. The summed E-state index contributed by atoms with van der Waals surface area (Å²) in [5.41, 5.74) is 5.24. The van der Waals surface area contributed by atoms with Crippen LogP contribution in [-0.4, -0.2) is 61.1 Å². The smallest absolute Gasteiger partial charge is 0.313 e. The predicted octanol–water partition coefficient (Wildman–Crippen LogP) is 10.6. The topological polar surface area (TPSA) is 102 Å². The van der Waals surface area contributed by atoms with Gasteiger partial charge in [-0.2, -0.15) is 4.57 Å². The first-order chi connectivity index (χ1) is 29.2. The van der Waals surface area contributed by atoms with Gasteiger partial charge in [0.1, 0.15) is 12.3 Å². The molecule has 0 aliphatic heterocycles. The molecule has 3 fully saturated rings. The molecule has 9 nitrogen and oxygen atoms in total. The van der Waals surface area contributed by atoms with E-state index >= 15 is 0 Å². The molecule has 0 spiro atoms. The fraction of sp³-hybridized carbons (Fsp3) is 0.660. The van der Waals surface area contributed by atoms with Gasteiger partial charge in [0.05, 0.1) is 13.2 Å². The molecule has 0 amide bonds. The number of hydrogen-bond donors (Lipinski definition) is 0. The van der Waals surface area contributed by atoms with Gasteiger partial charge in [0, 0.05) is 80.3 Å². The molecule has 338 valence electrons. The highest BCUT2D eigenvalue weighted by atomic mass is 16.5. The summed E-state index contributed by atoms with van der Waals surface area (Å²) < 4.78 is 13.4. The normalized spacial score (nSPS) is 30.0. The van der Waals surface area contributed by atoms with E-state index < -0.39 is 5.54 Å². The molecule has 0 saturated heterocycles. The average molecular weight is 850 g/mol. The van der Waals surface area contributed by atoms with Crippen LogP contribution in [-0.2, 0) is 24.7 Å². The second-order valence-electron chi connectivity index (χ2n) is 21.3. The van der Waals surface area contributed by atoms with Crippen molar-refractivity contribution in [2.45, 2.75) is 157 Å². The number of rotatable bonds is 15. The minimum absolute atomic E-state index is 0.0128. The maximum atomic E-state index is 14.3. The molecule has 2 aromatic rings. The Labute approximate surface area is 373 Å². The first-order valence-corrected chi connectivity index (χ1v) is 23.5.